The zero-order chi connectivity index (χ0) is 46.6. The van der Waals surface area contributed by atoms with Gasteiger partial charge >= 0.3 is 6.18 Å². The van der Waals surface area contributed by atoms with Gasteiger partial charge in [-0.15, -0.1) is 0 Å². The van der Waals surface area contributed by atoms with Gasteiger partial charge < -0.3 is 40.0 Å². The van der Waals surface area contributed by atoms with Crippen molar-refractivity contribution in [1.29, 1.82) is 0 Å². The van der Waals surface area contributed by atoms with Gasteiger partial charge in [-0.3, -0.25) is 19.7 Å². The van der Waals surface area contributed by atoms with Gasteiger partial charge in [-0.05, 0) is 93.1 Å². The van der Waals surface area contributed by atoms with Gasteiger partial charge in [0.25, 0.3) is 0 Å². The summed E-state index contributed by atoms with van der Waals surface area (Å²) in [5, 5.41) is 31.6. The van der Waals surface area contributed by atoms with E-state index in [1.807, 2.05) is 11.6 Å². The molecule has 13 nitrogen and oxygen atoms in total. The number of alkyl halides is 3. The Morgan fingerprint density at radius 3 is 2.40 bits per heavy atom. The first-order chi connectivity index (χ1) is 30.9. The number of imidazole rings is 1. The number of piperidine rings is 1. The summed E-state index contributed by atoms with van der Waals surface area (Å²) in [6.45, 7) is 0.322. The second-order valence-electron chi connectivity index (χ2n) is 17.4. The molecular formula is C46H53Cl2F4N7O6. The van der Waals surface area contributed by atoms with Crippen LogP contribution in [0.4, 0.5) is 17.6 Å². The van der Waals surface area contributed by atoms with E-state index in [1.165, 1.54) is 24.3 Å². The second-order valence-corrected chi connectivity index (χ2v) is 18.2. The molecule has 0 radical (unpaired) electrons. The lowest BCUT2D eigenvalue weighted by Gasteiger charge is -2.47. The summed E-state index contributed by atoms with van der Waals surface area (Å²) >= 11 is 12.4. The van der Waals surface area contributed by atoms with Gasteiger partial charge in [0.15, 0.2) is 0 Å². The fraction of sp³-hybridized carbons (Fsp3) is 0.478. The number of aliphatic hydroxyl groups excluding tert-OH is 2. The Bertz CT molecular complexity index is 2330. The average Bonchev–Trinajstić information content (AvgIpc) is 3.60. The van der Waals surface area contributed by atoms with Gasteiger partial charge in [-0.25, -0.2) is 9.37 Å². The number of aliphatic hydroxyl groups is 2. The summed E-state index contributed by atoms with van der Waals surface area (Å²) in [6.07, 6.45) is -3.00. The molecule has 3 heterocycles. The van der Waals surface area contributed by atoms with Crippen molar-refractivity contribution in [2.24, 2.45) is 13.0 Å². The highest BCUT2D eigenvalue weighted by Gasteiger charge is 2.45. The van der Waals surface area contributed by atoms with Crippen molar-refractivity contribution < 1.29 is 46.9 Å². The van der Waals surface area contributed by atoms with Crippen LogP contribution in [0, 0.1) is 11.7 Å². The number of ether oxygens (including phenoxy) is 1. The van der Waals surface area contributed by atoms with E-state index in [-0.39, 0.29) is 41.6 Å². The molecular weight excluding hydrogens is 893 g/mol. The van der Waals surface area contributed by atoms with Gasteiger partial charge in [-0.2, -0.15) is 13.2 Å². The number of hydrogen-bond acceptors (Lipinski definition) is 9. The van der Waals surface area contributed by atoms with Gasteiger partial charge in [0.05, 0.1) is 50.0 Å². The Labute approximate surface area is 384 Å². The largest absolute Gasteiger partial charge is 0.457 e. The van der Waals surface area contributed by atoms with E-state index in [0.717, 1.165) is 46.5 Å². The third-order valence-corrected chi connectivity index (χ3v) is 13.2. The molecule has 2 saturated heterocycles. The Morgan fingerprint density at radius 2 is 1.74 bits per heavy atom. The molecule has 2 bridgehead atoms. The Morgan fingerprint density at radius 1 is 1.02 bits per heavy atom. The molecule has 5 atom stereocenters. The lowest BCUT2D eigenvalue weighted by Crippen LogP contribution is -2.67. The van der Waals surface area contributed by atoms with Crippen molar-refractivity contribution in [2.75, 3.05) is 19.7 Å². The molecule has 4 aromatic rings. The first-order valence-electron chi connectivity index (χ1n) is 21.7. The van der Waals surface area contributed by atoms with E-state index >= 15 is 4.39 Å². The maximum absolute atomic E-state index is 16.1. The molecule has 3 aromatic carbocycles. The third kappa shape index (κ3) is 11.8. The van der Waals surface area contributed by atoms with Crippen LogP contribution in [0.1, 0.15) is 68.8 Å². The molecule has 1 aromatic heterocycles. The topological polar surface area (TPSA) is 161 Å². The van der Waals surface area contributed by atoms with Crippen molar-refractivity contribution in [3.8, 4) is 22.8 Å². The predicted molar refractivity (Wildman–Crippen MR) is 235 cm³/mol. The minimum Gasteiger partial charge on any atom is -0.457 e. The average molecular weight is 947 g/mol. The van der Waals surface area contributed by atoms with Crippen molar-refractivity contribution in [2.45, 2.75) is 107 Å². The fourth-order valence-corrected chi connectivity index (χ4v) is 9.13. The number of rotatable bonds is 12. The SMILES string of the molecule is C[C@H]1C(=O)N[C@@H](CO)C(O)N[C@@]2(Cc3ccc(Cl)cc3)CCCN(C2)C(=O)[C@H](CC(F)(F)F)CC(=O)N1Cc1c(F)cc(Cl)cc1Oc1ccc(-c2cnc(CNC3CCC3)n2C)cc1. The molecule has 65 heavy (non-hydrogen) atoms. The highest BCUT2D eigenvalue weighted by Crippen LogP contribution is 2.36. The highest BCUT2D eigenvalue weighted by molar-refractivity contribution is 6.31. The minimum absolute atomic E-state index is 0.0642. The smallest absolute Gasteiger partial charge is 0.389 e. The molecule has 3 amide bonds. The Hall–Kier alpha value is -4.78. The number of aromatic nitrogens is 2. The van der Waals surface area contributed by atoms with Gasteiger partial charge in [0, 0.05) is 59.3 Å². The van der Waals surface area contributed by atoms with Crippen LogP contribution >= 0.6 is 23.2 Å². The van der Waals surface area contributed by atoms with Gasteiger partial charge in [-0.1, -0.05) is 41.8 Å². The minimum atomic E-state index is -4.87. The van der Waals surface area contributed by atoms with Gasteiger partial charge in [0.1, 0.15) is 35.4 Å². The first kappa shape index (κ1) is 48.2. The van der Waals surface area contributed by atoms with Crippen LogP contribution in [-0.4, -0.2) is 103 Å². The normalized spacial score (nSPS) is 23.8. The molecule has 1 aliphatic carbocycles. The van der Waals surface area contributed by atoms with E-state index in [9.17, 15) is 37.8 Å². The molecule has 2 aliphatic heterocycles. The maximum atomic E-state index is 16.1. The third-order valence-electron chi connectivity index (χ3n) is 12.7. The van der Waals surface area contributed by atoms with Crippen LogP contribution < -0.4 is 20.7 Å². The van der Waals surface area contributed by atoms with Crippen LogP contribution in [0.15, 0.2) is 66.9 Å². The summed E-state index contributed by atoms with van der Waals surface area (Å²) in [5.41, 5.74) is 1.00. The van der Waals surface area contributed by atoms with E-state index in [0.29, 0.717) is 30.5 Å². The molecule has 19 heteroatoms. The summed E-state index contributed by atoms with van der Waals surface area (Å²) in [7, 11) is 1.92. The molecule has 5 N–H and O–H groups in total. The number of halogens is 6. The number of carbonyl (C=O) groups excluding carboxylic acids is 3. The molecule has 1 saturated carbocycles. The summed E-state index contributed by atoms with van der Waals surface area (Å²) < 4.78 is 67.1. The number of fused-ring (bicyclic) bond motifs is 2. The van der Waals surface area contributed by atoms with E-state index < -0.39 is 85.5 Å². The highest BCUT2D eigenvalue weighted by atomic mass is 35.5. The van der Waals surface area contributed by atoms with E-state index in [2.05, 4.69) is 20.9 Å². The van der Waals surface area contributed by atoms with Crippen molar-refractivity contribution in [1.82, 2.24) is 35.3 Å². The molecule has 3 aliphatic rings. The number of hydrogen-bond donors (Lipinski definition) is 5. The molecule has 1 unspecified atom stereocenters. The van der Waals surface area contributed by atoms with Crippen LogP contribution in [0.2, 0.25) is 10.0 Å². The zero-order valence-electron chi connectivity index (χ0n) is 36.0. The number of benzene rings is 3. The Kier molecular flexibility index (Phi) is 15.1. The standard InChI is InChI=1S/C46H53Cl2F4N7O6/c1-27-42(62)55-37(25-60)43(63)56-45(20-28-7-11-31(47)12-8-28)15-4-16-58(26-45)44(64)30(21-46(50,51)52)17-41(61)59(27)24-35-36(49)18-32(48)19-39(35)65-34-13-9-29(10-14-34)38-22-54-40(57(38)2)23-53-33-5-3-6-33/h7-14,18-19,22,27,30,33,37,43,53,56,60,63H,3-6,15-17,20-21,23-26H2,1-2H3,(H,55,62)/t27-,30-,37-,43?,45+/m0/s1. The van der Waals surface area contributed by atoms with E-state index in [4.69, 9.17) is 27.9 Å². The molecule has 7 rings (SSSR count). The van der Waals surface area contributed by atoms with Crippen LogP contribution in [0.3, 0.4) is 0 Å². The van der Waals surface area contributed by atoms with Crippen molar-refractivity contribution in [3.63, 3.8) is 0 Å². The number of carbonyl (C=O) groups is 3. The second kappa shape index (κ2) is 20.4. The number of amides is 3. The number of nitrogens with zero attached hydrogens (tertiary/aromatic N) is 4. The molecule has 3 fully saturated rings. The summed E-state index contributed by atoms with van der Waals surface area (Å²) in [5.74, 6) is -4.81. The molecule has 350 valence electrons. The number of nitrogens with one attached hydrogen (secondary N) is 3. The van der Waals surface area contributed by atoms with E-state index in [1.54, 1.807) is 54.7 Å². The molecule has 0 spiro atoms. The predicted octanol–water partition coefficient (Wildman–Crippen LogP) is 6.65. The van der Waals surface area contributed by atoms with Crippen molar-refractivity contribution >= 4 is 40.9 Å². The summed E-state index contributed by atoms with van der Waals surface area (Å²) in [4.78, 5) is 49.4. The van der Waals surface area contributed by atoms with Crippen molar-refractivity contribution in [3.05, 3.63) is 99.7 Å². The fourth-order valence-electron chi connectivity index (χ4n) is 8.81. The van der Waals surface area contributed by atoms with Crippen LogP contribution in [0.25, 0.3) is 11.3 Å². The van der Waals surface area contributed by atoms with Gasteiger partial charge in [0.2, 0.25) is 17.7 Å². The van der Waals surface area contributed by atoms with Crippen LogP contribution in [-0.2, 0) is 40.9 Å². The lowest BCUT2D eigenvalue weighted by molar-refractivity contribution is -0.165. The first-order valence-corrected chi connectivity index (χ1v) is 22.4. The van der Waals surface area contributed by atoms with Crippen LogP contribution in [0.5, 0.6) is 11.5 Å². The monoisotopic (exact) mass is 945 g/mol. The quantitative estimate of drug-likeness (QED) is 0.0981. The Balaban J connectivity index is 1.18. The zero-order valence-corrected chi connectivity index (χ0v) is 37.5. The maximum Gasteiger partial charge on any atom is 0.389 e. The lowest BCUT2D eigenvalue weighted by atomic mass is 9.81. The summed E-state index contributed by atoms with van der Waals surface area (Å²) in [6, 6.07) is 13.5.